The first-order valence-corrected chi connectivity index (χ1v) is 7.74. The lowest BCUT2D eigenvalue weighted by Gasteiger charge is -2.08. The van der Waals surface area contributed by atoms with Crippen molar-refractivity contribution in [1.82, 2.24) is 9.47 Å². The standard InChI is InChI=1S/C19H21FN2O/c1-21(2)11-10-15-13-22(12-14-6-4-3-5-7-14)19-16(20)8-9-17(23)18(15)19/h3-9,13,23H,10-12H2,1-2H3. The van der Waals surface area contributed by atoms with Crippen molar-refractivity contribution in [2.24, 2.45) is 0 Å². The molecule has 120 valence electrons. The highest BCUT2D eigenvalue weighted by molar-refractivity contribution is 5.90. The zero-order valence-electron chi connectivity index (χ0n) is 13.5. The molecule has 0 saturated carbocycles. The minimum Gasteiger partial charge on any atom is -0.507 e. The van der Waals surface area contributed by atoms with Crippen molar-refractivity contribution in [2.75, 3.05) is 20.6 Å². The van der Waals surface area contributed by atoms with Crippen molar-refractivity contribution in [3.05, 3.63) is 65.6 Å². The van der Waals surface area contributed by atoms with E-state index in [4.69, 9.17) is 0 Å². The van der Waals surface area contributed by atoms with Crippen LogP contribution < -0.4 is 0 Å². The van der Waals surface area contributed by atoms with Gasteiger partial charge in [0.25, 0.3) is 0 Å². The van der Waals surface area contributed by atoms with Crippen molar-refractivity contribution in [3.8, 4) is 5.75 Å². The average molecular weight is 312 g/mol. The van der Waals surface area contributed by atoms with Gasteiger partial charge in [0, 0.05) is 24.7 Å². The van der Waals surface area contributed by atoms with Crippen molar-refractivity contribution in [1.29, 1.82) is 0 Å². The molecule has 23 heavy (non-hydrogen) atoms. The van der Waals surface area contributed by atoms with Gasteiger partial charge in [-0.2, -0.15) is 0 Å². The molecule has 0 unspecified atom stereocenters. The summed E-state index contributed by atoms with van der Waals surface area (Å²) in [6.45, 7) is 1.43. The second kappa shape index (κ2) is 6.42. The number of hydrogen-bond donors (Lipinski definition) is 1. The number of rotatable bonds is 5. The van der Waals surface area contributed by atoms with Gasteiger partial charge in [-0.15, -0.1) is 0 Å². The van der Waals surface area contributed by atoms with Crippen molar-refractivity contribution >= 4 is 10.9 Å². The number of phenols is 1. The molecule has 0 aliphatic heterocycles. The monoisotopic (exact) mass is 312 g/mol. The number of aromatic hydroxyl groups is 1. The number of likely N-dealkylation sites (N-methyl/N-ethyl adjacent to an activating group) is 1. The van der Waals surface area contributed by atoms with Crippen molar-refractivity contribution < 1.29 is 9.50 Å². The molecule has 0 amide bonds. The van der Waals surface area contributed by atoms with Crippen LogP contribution in [0.5, 0.6) is 5.75 Å². The Morgan fingerprint density at radius 2 is 1.83 bits per heavy atom. The molecule has 0 saturated heterocycles. The molecule has 0 aliphatic rings. The lowest BCUT2D eigenvalue weighted by atomic mass is 10.1. The fourth-order valence-corrected chi connectivity index (χ4v) is 2.91. The van der Waals surface area contributed by atoms with E-state index in [1.807, 2.05) is 55.2 Å². The van der Waals surface area contributed by atoms with E-state index in [9.17, 15) is 9.50 Å². The summed E-state index contributed by atoms with van der Waals surface area (Å²) in [5.74, 6) is -0.160. The molecule has 3 nitrogen and oxygen atoms in total. The first-order chi connectivity index (χ1) is 11.1. The second-order valence-corrected chi connectivity index (χ2v) is 6.11. The molecule has 1 N–H and O–H groups in total. The lowest BCUT2D eigenvalue weighted by Crippen LogP contribution is -2.14. The molecule has 2 aromatic carbocycles. The molecule has 0 radical (unpaired) electrons. The Hall–Kier alpha value is -2.33. The van der Waals surface area contributed by atoms with Crippen LogP contribution in [-0.2, 0) is 13.0 Å². The van der Waals surface area contributed by atoms with Crippen molar-refractivity contribution in [2.45, 2.75) is 13.0 Å². The van der Waals surface area contributed by atoms with Crippen LogP contribution in [0.15, 0.2) is 48.7 Å². The zero-order chi connectivity index (χ0) is 16.4. The Morgan fingerprint density at radius 3 is 2.52 bits per heavy atom. The van der Waals surface area contributed by atoms with E-state index >= 15 is 0 Å². The average Bonchev–Trinajstić information content (AvgIpc) is 2.90. The summed E-state index contributed by atoms with van der Waals surface area (Å²) in [5, 5.41) is 10.9. The van der Waals surface area contributed by atoms with Crippen LogP contribution in [0.3, 0.4) is 0 Å². The maximum absolute atomic E-state index is 14.4. The summed E-state index contributed by atoms with van der Waals surface area (Å²) in [6.07, 6.45) is 2.73. The summed E-state index contributed by atoms with van der Waals surface area (Å²) >= 11 is 0. The van der Waals surface area contributed by atoms with Crippen LogP contribution >= 0.6 is 0 Å². The Bertz CT molecular complexity index is 809. The normalized spacial score (nSPS) is 11.5. The number of fused-ring (bicyclic) bond motifs is 1. The van der Waals surface area contributed by atoms with Gasteiger partial charge in [-0.25, -0.2) is 4.39 Å². The highest BCUT2D eigenvalue weighted by atomic mass is 19.1. The number of hydrogen-bond acceptors (Lipinski definition) is 2. The third kappa shape index (κ3) is 3.22. The van der Waals surface area contributed by atoms with Crippen LogP contribution in [0.1, 0.15) is 11.1 Å². The number of benzene rings is 2. The first kappa shape index (κ1) is 15.6. The van der Waals surface area contributed by atoms with Gasteiger partial charge in [-0.3, -0.25) is 0 Å². The predicted molar refractivity (Wildman–Crippen MR) is 91.4 cm³/mol. The Balaban J connectivity index is 2.08. The molecule has 3 rings (SSSR count). The highest BCUT2D eigenvalue weighted by Crippen LogP contribution is 2.32. The fourth-order valence-electron chi connectivity index (χ4n) is 2.91. The van der Waals surface area contributed by atoms with Crippen molar-refractivity contribution in [3.63, 3.8) is 0 Å². The van der Waals surface area contributed by atoms with Crippen LogP contribution in [0.25, 0.3) is 10.9 Å². The minimum atomic E-state index is -0.301. The molecular weight excluding hydrogens is 291 g/mol. The maximum atomic E-state index is 14.4. The summed E-state index contributed by atoms with van der Waals surface area (Å²) in [5.41, 5.74) is 2.55. The molecule has 0 aliphatic carbocycles. The largest absolute Gasteiger partial charge is 0.507 e. The lowest BCUT2D eigenvalue weighted by molar-refractivity contribution is 0.413. The summed E-state index contributed by atoms with van der Waals surface area (Å²) in [6, 6.07) is 12.7. The van der Waals surface area contributed by atoms with Gasteiger partial charge in [0.15, 0.2) is 0 Å². The van der Waals surface area contributed by atoms with Crippen LogP contribution in [0, 0.1) is 5.82 Å². The van der Waals surface area contributed by atoms with Gasteiger partial charge in [-0.1, -0.05) is 30.3 Å². The Morgan fingerprint density at radius 1 is 1.09 bits per heavy atom. The van der Waals surface area contributed by atoms with E-state index < -0.39 is 0 Å². The van der Waals surface area contributed by atoms with Gasteiger partial charge < -0.3 is 14.6 Å². The molecule has 0 spiro atoms. The molecule has 0 atom stereocenters. The van der Waals surface area contributed by atoms with Gasteiger partial charge in [-0.05, 0) is 43.8 Å². The number of halogens is 1. The number of nitrogens with zero attached hydrogens (tertiary/aromatic N) is 2. The van der Waals surface area contributed by atoms with Crippen LogP contribution in [0.4, 0.5) is 4.39 Å². The highest BCUT2D eigenvalue weighted by Gasteiger charge is 2.16. The van der Waals surface area contributed by atoms with E-state index in [1.54, 1.807) is 0 Å². The van der Waals surface area contributed by atoms with E-state index in [-0.39, 0.29) is 11.6 Å². The Kier molecular flexibility index (Phi) is 4.35. The van der Waals surface area contributed by atoms with E-state index in [0.29, 0.717) is 17.4 Å². The second-order valence-electron chi connectivity index (χ2n) is 6.11. The third-order valence-electron chi connectivity index (χ3n) is 4.05. The number of phenolic OH excluding ortho intramolecular Hbond substituents is 1. The quantitative estimate of drug-likeness (QED) is 0.779. The van der Waals surface area contributed by atoms with Crippen LogP contribution in [0.2, 0.25) is 0 Å². The minimum absolute atomic E-state index is 0.141. The first-order valence-electron chi connectivity index (χ1n) is 7.74. The number of aromatic nitrogens is 1. The van der Waals surface area contributed by atoms with Gasteiger partial charge in [0.2, 0.25) is 0 Å². The molecule has 0 fully saturated rings. The maximum Gasteiger partial charge on any atom is 0.147 e. The van der Waals surface area contributed by atoms with Gasteiger partial charge in [0.05, 0.1) is 5.52 Å². The summed E-state index contributed by atoms with van der Waals surface area (Å²) in [7, 11) is 4.01. The fraction of sp³-hybridized carbons (Fsp3) is 0.263. The molecule has 1 aromatic heterocycles. The molecule has 3 aromatic rings. The van der Waals surface area contributed by atoms with E-state index in [1.165, 1.54) is 12.1 Å². The van der Waals surface area contributed by atoms with Crippen LogP contribution in [-0.4, -0.2) is 35.2 Å². The molecule has 4 heteroatoms. The summed E-state index contributed by atoms with van der Waals surface area (Å²) in [4.78, 5) is 2.08. The SMILES string of the molecule is CN(C)CCc1cn(Cc2ccccc2)c2c(F)ccc(O)c12. The topological polar surface area (TPSA) is 28.4 Å². The van der Waals surface area contributed by atoms with E-state index in [0.717, 1.165) is 24.1 Å². The smallest absolute Gasteiger partial charge is 0.147 e. The third-order valence-corrected chi connectivity index (χ3v) is 4.05. The van der Waals surface area contributed by atoms with E-state index in [2.05, 4.69) is 4.90 Å². The summed E-state index contributed by atoms with van der Waals surface area (Å²) < 4.78 is 16.3. The molecule has 1 heterocycles. The van der Waals surface area contributed by atoms with Gasteiger partial charge in [0.1, 0.15) is 11.6 Å². The van der Waals surface area contributed by atoms with Gasteiger partial charge >= 0.3 is 0 Å². The molecule has 0 bridgehead atoms. The predicted octanol–water partition coefficient (Wildman–Crippen LogP) is 3.64. The Labute approximate surface area is 135 Å². The zero-order valence-corrected chi connectivity index (χ0v) is 13.5. The molecular formula is C19H21FN2O.